The van der Waals surface area contributed by atoms with Crippen LogP contribution in [0.25, 0.3) is 0 Å². The highest BCUT2D eigenvalue weighted by Crippen LogP contribution is 2.19. The smallest absolute Gasteiger partial charge is 0.202 e. The molecule has 1 fully saturated rings. The summed E-state index contributed by atoms with van der Waals surface area (Å²) in [5, 5.41) is 4.24. The number of nitrogens with two attached hydrogens (primary N) is 1. The summed E-state index contributed by atoms with van der Waals surface area (Å²) < 4.78 is 10.2. The van der Waals surface area contributed by atoms with Gasteiger partial charge in [-0.25, -0.2) is 4.98 Å². The van der Waals surface area contributed by atoms with Crippen LogP contribution in [0.1, 0.15) is 51.3 Å². The molecule has 0 spiro atoms. The Kier molecular flexibility index (Phi) is 6.69. The van der Waals surface area contributed by atoms with E-state index in [4.69, 9.17) is 10.5 Å². The van der Waals surface area contributed by atoms with E-state index in [-0.39, 0.29) is 0 Å². The molecule has 0 aromatic carbocycles. The van der Waals surface area contributed by atoms with Crippen LogP contribution >= 0.6 is 11.5 Å². The van der Waals surface area contributed by atoms with Gasteiger partial charge in [-0.3, -0.25) is 0 Å². The van der Waals surface area contributed by atoms with Gasteiger partial charge in [0.05, 0.1) is 6.10 Å². The van der Waals surface area contributed by atoms with Gasteiger partial charge in [0.25, 0.3) is 0 Å². The van der Waals surface area contributed by atoms with Crippen molar-refractivity contribution in [3.8, 4) is 0 Å². The minimum atomic E-state index is 0.395. The fraction of sp³-hybridized carbons (Fsp3) is 0.857. The maximum Gasteiger partial charge on any atom is 0.202 e. The molecule has 0 radical (unpaired) electrons. The number of aryl methyl sites for hydroxylation is 1. The van der Waals surface area contributed by atoms with Crippen LogP contribution in [0.2, 0.25) is 0 Å². The molecule has 1 aliphatic carbocycles. The van der Waals surface area contributed by atoms with Gasteiger partial charge in [0.1, 0.15) is 5.82 Å². The van der Waals surface area contributed by atoms with E-state index in [1.165, 1.54) is 11.5 Å². The molecule has 0 amide bonds. The summed E-state index contributed by atoms with van der Waals surface area (Å²) in [7, 11) is 0. The lowest BCUT2D eigenvalue weighted by molar-refractivity contribution is 0.0251. The number of rotatable bonds is 8. The van der Waals surface area contributed by atoms with Crippen molar-refractivity contribution in [3.05, 3.63) is 5.82 Å². The molecular formula is C14H26N4OS. The maximum absolute atomic E-state index is 5.88. The van der Waals surface area contributed by atoms with Crippen molar-refractivity contribution in [1.29, 1.82) is 0 Å². The fourth-order valence-corrected chi connectivity index (χ4v) is 3.06. The predicted molar refractivity (Wildman–Crippen MR) is 83.2 cm³/mol. The van der Waals surface area contributed by atoms with Crippen molar-refractivity contribution in [3.63, 3.8) is 0 Å². The Hall–Kier alpha value is -0.720. The highest BCUT2D eigenvalue weighted by Gasteiger charge is 2.18. The Morgan fingerprint density at radius 3 is 2.90 bits per heavy atom. The van der Waals surface area contributed by atoms with Crippen molar-refractivity contribution in [1.82, 2.24) is 9.36 Å². The standard InChI is InChI=1S/C14H26N4OS/c1-2-4-13-17-14(20-18-13)16-9-3-10-19-12-7-5-11(15)6-8-12/h11-12H,2-10,15H2,1H3,(H,16,17,18). The second kappa shape index (κ2) is 8.54. The number of nitrogens with zero attached hydrogens (tertiary/aromatic N) is 2. The fourth-order valence-electron chi connectivity index (χ4n) is 2.42. The molecule has 0 saturated heterocycles. The molecule has 114 valence electrons. The van der Waals surface area contributed by atoms with Crippen molar-refractivity contribution in [2.24, 2.45) is 5.73 Å². The van der Waals surface area contributed by atoms with Crippen LogP contribution in [0.15, 0.2) is 0 Å². The minimum absolute atomic E-state index is 0.395. The van der Waals surface area contributed by atoms with Crippen LogP contribution in [0.4, 0.5) is 5.13 Å². The van der Waals surface area contributed by atoms with E-state index in [2.05, 4.69) is 21.6 Å². The molecule has 3 N–H and O–H groups in total. The molecule has 1 heterocycles. The molecule has 1 aromatic rings. The third-order valence-electron chi connectivity index (χ3n) is 3.61. The number of anilines is 1. The summed E-state index contributed by atoms with van der Waals surface area (Å²) in [5.41, 5.74) is 5.88. The van der Waals surface area contributed by atoms with Gasteiger partial charge < -0.3 is 15.8 Å². The van der Waals surface area contributed by atoms with Crippen LogP contribution in [0, 0.1) is 0 Å². The highest BCUT2D eigenvalue weighted by atomic mass is 32.1. The van der Waals surface area contributed by atoms with Gasteiger partial charge in [0.15, 0.2) is 0 Å². The van der Waals surface area contributed by atoms with Gasteiger partial charge >= 0.3 is 0 Å². The quantitative estimate of drug-likeness (QED) is 0.722. The summed E-state index contributed by atoms with van der Waals surface area (Å²) in [5.74, 6) is 0.954. The van der Waals surface area contributed by atoms with Crippen LogP contribution in [-0.4, -0.2) is 34.7 Å². The van der Waals surface area contributed by atoms with Gasteiger partial charge in [-0.15, -0.1) is 0 Å². The van der Waals surface area contributed by atoms with Crippen molar-refractivity contribution >= 4 is 16.7 Å². The van der Waals surface area contributed by atoms with Crippen molar-refractivity contribution in [2.45, 2.75) is 64.0 Å². The second-order valence-electron chi connectivity index (χ2n) is 5.45. The minimum Gasteiger partial charge on any atom is -0.378 e. The number of hydrogen-bond donors (Lipinski definition) is 2. The Morgan fingerprint density at radius 2 is 2.15 bits per heavy atom. The van der Waals surface area contributed by atoms with Crippen LogP contribution in [-0.2, 0) is 11.2 Å². The molecule has 0 unspecified atom stereocenters. The molecule has 1 aromatic heterocycles. The average molecular weight is 298 g/mol. The lowest BCUT2D eigenvalue weighted by atomic mass is 9.94. The van der Waals surface area contributed by atoms with Gasteiger partial charge in [-0.05, 0) is 38.5 Å². The molecule has 6 heteroatoms. The first-order valence-corrected chi connectivity index (χ1v) is 8.49. The van der Waals surface area contributed by atoms with E-state index in [9.17, 15) is 0 Å². The molecule has 0 bridgehead atoms. The lowest BCUT2D eigenvalue weighted by Crippen LogP contribution is -2.30. The van der Waals surface area contributed by atoms with E-state index < -0.39 is 0 Å². The zero-order valence-corrected chi connectivity index (χ0v) is 13.1. The van der Waals surface area contributed by atoms with Gasteiger partial charge in [0.2, 0.25) is 5.13 Å². The summed E-state index contributed by atoms with van der Waals surface area (Å²) in [6, 6.07) is 0.395. The molecule has 1 aliphatic rings. The Labute approximate surface area is 125 Å². The summed E-state index contributed by atoms with van der Waals surface area (Å²) >= 11 is 1.45. The first kappa shape index (κ1) is 15.7. The SMILES string of the molecule is CCCc1nsc(NCCCOC2CCC(N)CC2)n1. The van der Waals surface area contributed by atoms with Crippen molar-refractivity contribution < 1.29 is 4.74 Å². The third kappa shape index (κ3) is 5.34. The van der Waals surface area contributed by atoms with E-state index in [1.54, 1.807) is 0 Å². The van der Waals surface area contributed by atoms with E-state index in [0.717, 1.165) is 69.1 Å². The zero-order chi connectivity index (χ0) is 14.2. The largest absolute Gasteiger partial charge is 0.378 e. The number of ether oxygens (including phenoxy) is 1. The number of nitrogens with one attached hydrogen (secondary N) is 1. The zero-order valence-electron chi connectivity index (χ0n) is 12.3. The van der Waals surface area contributed by atoms with E-state index >= 15 is 0 Å². The molecule has 20 heavy (non-hydrogen) atoms. The average Bonchev–Trinajstić information content (AvgIpc) is 2.89. The number of aromatic nitrogens is 2. The van der Waals surface area contributed by atoms with Crippen LogP contribution in [0.3, 0.4) is 0 Å². The summed E-state index contributed by atoms with van der Waals surface area (Å²) in [6.45, 7) is 3.85. The first-order valence-electron chi connectivity index (χ1n) is 7.71. The summed E-state index contributed by atoms with van der Waals surface area (Å²) in [4.78, 5) is 4.44. The van der Waals surface area contributed by atoms with Crippen LogP contribution in [0.5, 0.6) is 0 Å². The lowest BCUT2D eigenvalue weighted by Gasteiger charge is -2.26. The highest BCUT2D eigenvalue weighted by molar-refractivity contribution is 7.09. The Morgan fingerprint density at radius 1 is 1.35 bits per heavy atom. The second-order valence-corrected chi connectivity index (χ2v) is 6.21. The summed E-state index contributed by atoms with van der Waals surface area (Å²) in [6.07, 6.45) is 7.93. The Balaban J connectivity index is 1.52. The predicted octanol–water partition coefficient (Wildman–Crippen LogP) is 2.58. The first-order chi connectivity index (χ1) is 9.78. The molecule has 0 atom stereocenters. The van der Waals surface area contributed by atoms with Crippen molar-refractivity contribution in [2.75, 3.05) is 18.5 Å². The van der Waals surface area contributed by atoms with Gasteiger partial charge in [-0.1, -0.05) is 6.92 Å². The molecule has 1 saturated carbocycles. The maximum atomic E-state index is 5.88. The molecule has 5 nitrogen and oxygen atoms in total. The normalized spacial score (nSPS) is 22.9. The van der Waals surface area contributed by atoms with Gasteiger partial charge in [-0.2, -0.15) is 4.37 Å². The molecular weight excluding hydrogens is 272 g/mol. The van der Waals surface area contributed by atoms with Gasteiger partial charge in [0, 0.05) is 37.1 Å². The Bertz CT molecular complexity index is 377. The third-order valence-corrected chi connectivity index (χ3v) is 4.32. The molecule has 2 rings (SSSR count). The van der Waals surface area contributed by atoms with Crippen LogP contribution < -0.4 is 11.1 Å². The monoisotopic (exact) mass is 298 g/mol. The topological polar surface area (TPSA) is 73.1 Å². The van der Waals surface area contributed by atoms with E-state index in [1.807, 2.05) is 0 Å². The van der Waals surface area contributed by atoms with E-state index in [0.29, 0.717) is 12.1 Å². The molecule has 0 aliphatic heterocycles. The number of hydrogen-bond acceptors (Lipinski definition) is 6.